The fourth-order valence-electron chi connectivity index (χ4n) is 0.902. The van der Waals surface area contributed by atoms with E-state index in [9.17, 15) is 14.4 Å². The summed E-state index contributed by atoms with van der Waals surface area (Å²) < 4.78 is 8.77. The molecule has 0 radical (unpaired) electrons. The van der Waals surface area contributed by atoms with Gasteiger partial charge in [-0.1, -0.05) is 0 Å². The number of aromatic amines is 1. The van der Waals surface area contributed by atoms with Gasteiger partial charge in [-0.05, 0) is 6.92 Å². The summed E-state index contributed by atoms with van der Waals surface area (Å²) in [6, 6.07) is -0.791. The minimum Gasteiger partial charge on any atom is -0.467 e. The number of H-pyrrole nitrogens is 1. The lowest BCUT2D eigenvalue weighted by atomic mass is 10.3. The molecule has 0 saturated carbocycles. The van der Waals surface area contributed by atoms with E-state index in [0.29, 0.717) is 0 Å². The summed E-state index contributed by atoms with van der Waals surface area (Å²) in [7, 11) is 1.21. The van der Waals surface area contributed by atoms with E-state index in [1.165, 1.54) is 14.0 Å². The molecule has 1 heterocycles. The molecule has 1 aromatic heterocycles. The van der Waals surface area contributed by atoms with Crippen molar-refractivity contribution in [3.05, 3.63) is 22.5 Å². The minimum absolute atomic E-state index is 0.0456. The predicted molar refractivity (Wildman–Crippen MR) is 48.3 cm³/mol. The second-order valence-corrected chi connectivity index (χ2v) is 2.78. The molecule has 15 heavy (non-hydrogen) atoms. The van der Waals surface area contributed by atoms with Crippen molar-refractivity contribution in [3.8, 4) is 0 Å². The first-order valence-electron chi connectivity index (χ1n) is 4.11. The Balaban J connectivity index is 2.64. The molecular weight excluding hydrogens is 204 g/mol. The van der Waals surface area contributed by atoms with Crippen LogP contribution in [-0.4, -0.2) is 30.0 Å². The van der Waals surface area contributed by atoms with Crippen molar-refractivity contribution in [3.63, 3.8) is 0 Å². The van der Waals surface area contributed by atoms with Gasteiger partial charge in [0.15, 0.2) is 0 Å². The number of ether oxygens (including phenoxy) is 1. The molecule has 2 N–H and O–H groups in total. The van der Waals surface area contributed by atoms with E-state index in [1.807, 2.05) is 0 Å². The summed E-state index contributed by atoms with van der Waals surface area (Å²) in [6.45, 7) is 1.46. The molecule has 0 saturated heterocycles. The second-order valence-electron chi connectivity index (χ2n) is 2.78. The molecule has 1 atom stereocenters. The van der Waals surface area contributed by atoms with Gasteiger partial charge in [0, 0.05) is 0 Å². The normalized spacial score (nSPS) is 11.9. The fraction of sp³-hybridized carbons (Fsp3) is 0.375. The Morgan fingerprint density at radius 3 is 2.73 bits per heavy atom. The van der Waals surface area contributed by atoms with Crippen LogP contribution in [0.25, 0.3) is 0 Å². The number of nitrogens with one attached hydrogen (secondary N) is 2. The van der Waals surface area contributed by atoms with Gasteiger partial charge in [-0.15, -0.1) is 0 Å². The van der Waals surface area contributed by atoms with Crippen LogP contribution in [0.3, 0.4) is 0 Å². The first-order valence-corrected chi connectivity index (χ1v) is 4.11. The summed E-state index contributed by atoms with van der Waals surface area (Å²) in [5, 5.41) is 2.32. The number of aromatic nitrogens is 1. The van der Waals surface area contributed by atoms with Crippen molar-refractivity contribution in [2.75, 3.05) is 7.11 Å². The molecule has 0 aliphatic heterocycles. The van der Waals surface area contributed by atoms with E-state index in [0.717, 1.165) is 6.26 Å². The van der Waals surface area contributed by atoms with Gasteiger partial charge < -0.3 is 14.5 Å². The first-order chi connectivity index (χ1) is 7.04. The number of methoxy groups -OCH3 is 1. The van der Waals surface area contributed by atoms with E-state index in [-0.39, 0.29) is 5.69 Å². The maximum absolute atomic E-state index is 11.3. The van der Waals surface area contributed by atoms with Crippen LogP contribution in [0, 0.1) is 0 Å². The van der Waals surface area contributed by atoms with Crippen LogP contribution < -0.4 is 11.1 Å². The summed E-state index contributed by atoms with van der Waals surface area (Å²) in [5.41, 5.74) is -0.0456. The molecule has 1 aromatic rings. The van der Waals surface area contributed by atoms with E-state index in [4.69, 9.17) is 0 Å². The van der Waals surface area contributed by atoms with Crippen molar-refractivity contribution in [1.82, 2.24) is 10.3 Å². The zero-order valence-corrected chi connectivity index (χ0v) is 8.20. The Hall–Kier alpha value is -2.05. The van der Waals surface area contributed by atoms with Gasteiger partial charge in [-0.2, -0.15) is 0 Å². The highest BCUT2D eigenvalue weighted by Crippen LogP contribution is 1.93. The third kappa shape index (κ3) is 2.70. The van der Waals surface area contributed by atoms with Gasteiger partial charge in [0.1, 0.15) is 18.0 Å². The molecule has 0 aromatic carbocycles. The standard InChI is InChI=1S/C8H10N2O5/c1-4(7(12)14-2)9-6(11)5-3-15-8(13)10-5/h3-4H,1-2H3,(H,9,11)(H,10,13)/t4-/m0/s1. The zero-order valence-electron chi connectivity index (χ0n) is 8.20. The number of rotatable bonds is 3. The average molecular weight is 214 g/mol. The molecule has 82 valence electrons. The molecule has 0 aliphatic carbocycles. The molecule has 0 aliphatic rings. The van der Waals surface area contributed by atoms with Crippen LogP contribution in [0.1, 0.15) is 17.4 Å². The Morgan fingerprint density at radius 1 is 1.60 bits per heavy atom. The zero-order chi connectivity index (χ0) is 11.4. The highest BCUT2D eigenvalue weighted by Gasteiger charge is 2.18. The molecule has 0 unspecified atom stereocenters. The number of carbonyl (C=O) groups excluding carboxylic acids is 2. The molecule has 7 nitrogen and oxygen atoms in total. The number of hydrogen-bond acceptors (Lipinski definition) is 5. The van der Waals surface area contributed by atoms with Crippen LogP contribution in [0.15, 0.2) is 15.5 Å². The van der Waals surface area contributed by atoms with E-state index < -0.39 is 23.7 Å². The number of esters is 1. The first kappa shape index (κ1) is 11.0. The minimum atomic E-state index is -0.791. The second kappa shape index (κ2) is 4.45. The maximum Gasteiger partial charge on any atom is 0.416 e. The Bertz CT molecular complexity index is 419. The Kier molecular flexibility index (Phi) is 3.27. The molecule has 0 bridgehead atoms. The molecule has 1 rings (SSSR count). The van der Waals surface area contributed by atoms with E-state index in [1.54, 1.807) is 0 Å². The smallest absolute Gasteiger partial charge is 0.416 e. The third-order valence-corrected chi connectivity index (χ3v) is 1.67. The van der Waals surface area contributed by atoms with Crippen molar-refractivity contribution in [2.45, 2.75) is 13.0 Å². The van der Waals surface area contributed by atoms with Crippen LogP contribution >= 0.6 is 0 Å². The lowest BCUT2D eigenvalue weighted by Gasteiger charge is -2.09. The molecule has 0 fully saturated rings. The number of amides is 1. The SMILES string of the molecule is COC(=O)[C@H](C)NC(=O)c1coc(=O)[nH]1. The van der Waals surface area contributed by atoms with Crippen molar-refractivity contribution >= 4 is 11.9 Å². The summed E-state index contributed by atoms with van der Waals surface area (Å²) in [4.78, 5) is 35.0. The fourth-order valence-corrected chi connectivity index (χ4v) is 0.902. The molecule has 0 spiro atoms. The van der Waals surface area contributed by atoms with Crippen molar-refractivity contribution in [1.29, 1.82) is 0 Å². The van der Waals surface area contributed by atoms with Gasteiger partial charge in [-0.3, -0.25) is 9.78 Å². The largest absolute Gasteiger partial charge is 0.467 e. The van der Waals surface area contributed by atoms with Gasteiger partial charge in [0.25, 0.3) is 5.91 Å². The lowest BCUT2D eigenvalue weighted by Crippen LogP contribution is -2.39. The predicted octanol–water partition coefficient (Wildman–Crippen LogP) is -0.741. The Morgan fingerprint density at radius 2 is 2.27 bits per heavy atom. The third-order valence-electron chi connectivity index (χ3n) is 1.67. The number of oxazole rings is 1. The summed E-state index contributed by atoms with van der Waals surface area (Å²) >= 11 is 0. The highest BCUT2D eigenvalue weighted by atomic mass is 16.5. The molecule has 7 heteroatoms. The van der Waals surface area contributed by atoms with Crippen LogP contribution in [0.4, 0.5) is 0 Å². The van der Waals surface area contributed by atoms with Gasteiger partial charge in [-0.25, -0.2) is 9.59 Å². The average Bonchev–Trinajstić information content (AvgIpc) is 2.63. The highest BCUT2D eigenvalue weighted by molar-refractivity contribution is 5.94. The summed E-state index contributed by atoms with van der Waals surface area (Å²) in [6.07, 6.45) is 0.974. The molecular formula is C8H10N2O5. The number of hydrogen-bond donors (Lipinski definition) is 2. The topological polar surface area (TPSA) is 101 Å². The van der Waals surface area contributed by atoms with Crippen LogP contribution in [0.5, 0.6) is 0 Å². The van der Waals surface area contributed by atoms with E-state index >= 15 is 0 Å². The van der Waals surface area contributed by atoms with Gasteiger partial charge >= 0.3 is 11.7 Å². The van der Waals surface area contributed by atoms with Gasteiger partial charge in [0.05, 0.1) is 7.11 Å². The van der Waals surface area contributed by atoms with Crippen LogP contribution in [0.2, 0.25) is 0 Å². The van der Waals surface area contributed by atoms with Crippen LogP contribution in [-0.2, 0) is 9.53 Å². The van der Waals surface area contributed by atoms with Gasteiger partial charge in [0.2, 0.25) is 0 Å². The van der Waals surface area contributed by atoms with Crippen molar-refractivity contribution < 1.29 is 18.7 Å². The lowest BCUT2D eigenvalue weighted by molar-refractivity contribution is -0.142. The van der Waals surface area contributed by atoms with E-state index in [2.05, 4.69) is 19.5 Å². The maximum atomic E-state index is 11.3. The molecule has 1 amide bonds. The monoisotopic (exact) mass is 214 g/mol. The summed E-state index contributed by atoms with van der Waals surface area (Å²) in [5.74, 6) is -1.92. The number of carbonyl (C=O) groups is 2. The quantitative estimate of drug-likeness (QED) is 0.645. The Labute approximate surface area is 84.4 Å². The van der Waals surface area contributed by atoms with Crippen molar-refractivity contribution in [2.24, 2.45) is 0 Å².